The third-order valence-electron chi connectivity index (χ3n) is 17.3. The van der Waals surface area contributed by atoms with Gasteiger partial charge in [0.15, 0.2) is 28.0 Å². The number of esters is 3. The minimum absolute atomic E-state index is 0. The predicted molar refractivity (Wildman–Crippen MR) is 493 cm³/mol. The maximum Gasteiger partial charge on any atom is 0.488 e. The van der Waals surface area contributed by atoms with Crippen molar-refractivity contribution < 1.29 is 86.6 Å². The molecule has 0 saturated carbocycles. The Kier molecular flexibility index (Phi) is 49.6. The molecule has 0 aliphatic carbocycles. The molecule has 1 saturated heterocycles. The van der Waals surface area contributed by atoms with Crippen LogP contribution >= 0.6 is 61.3 Å². The summed E-state index contributed by atoms with van der Waals surface area (Å²) in [5.41, 5.74) is 10.7. The summed E-state index contributed by atoms with van der Waals surface area (Å²) in [7, 11) is 6.93. The highest BCUT2D eigenvalue weighted by molar-refractivity contribution is 9.10. The number of nitrogens with zero attached hydrogens (tertiary/aromatic N) is 10. The van der Waals surface area contributed by atoms with Gasteiger partial charge in [0.25, 0.3) is 19.5 Å². The van der Waals surface area contributed by atoms with Crippen LogP contribution in [-0.2, 0) is 42.2 Å². The van der Waals surface area contributed by atoms with Crippen molar-refractivity contribution in [3.8, 4) is 45.6 Å². The highest BCUT2D eigenvalue weighted by Gasteiger charge is 2.50. The molecule has 9 N–H and O–H groups in total. The maximum absolute atomic E-state index is 12.9. The molecule has 127 heavy (non-hydrogen) atoms. The second-order valence-electron chi connectivity index (χ2n) is 26.9. The van der Waals surface area contributed by atoms with E-state index in [2.05, 4.69) is 157 Å². The smallest absolute Gasteiger partial charge is 0.480 e. The van der Waals surface area contributed by atoms with Gasteiger partial charge in [-0.25, -0.2) is 73.2 Å². The second kappa shape index (κ2) is 58.9. The van der Waals surface area contributed by atoms with Crippen LogP contribution in [0.3, 0.4) is 0 Å². The van der Waals surface area contributed by atoms with Crippen LogP contribution in [0.25, 0.3) is 45.6 Å². The van der Waals surface area contributed by atoms with E-state index in [4.69, 9.17) is 46.2 Å². The molecule has 1 amide bonds. The molecule has 7 aromatic carbocycles. The minimum atomic E-state index is -2.81. The number of carboxylic acids is 3. The van der Waals surface area contributed by atoms with E-state index in [9.17, 15) is 43.5 Å². The van der Waals surface area contributed by atoms with Crippen LogP contribution in [-0.4, -0.2) is 195 Å². The molecular formula is C88H93BBrCl4N13O18SSi. The van der Waals surface area contributed by atoms with Crippen molar-refractivity contribution in [3.63, 3.8) is 0 Å². The number of hydrogen-bond donors (Lipinski definition) is 8. The number of nitrogens with one attached hydrogen (secondary N) is 2. The number of halogens is 5. The van der Waals surface area contributed by atoms with E-state index in [1.807, 2.05) is 36.4 Å². The Morgan fingerprint density at radius 3 is 1.10 bits per heavy atom. The topological polar surface area (TPSA) is 471 Å². The van der Waals surface area contributed by atoms with Gasteiger partial charge in [-0.1, -0.05) is 149 Å². The van der Waals surface area contributed by atoms with Crippen molar-refractivity contribution in [2.24, 2.45) is 5.73 Å². The summed E-state index contributed by atoms with van der Waals surface area (Å²) < 4.78 is 29.9. The molecule has 12 aromatic rings. The Balaban J connectivity index is 0.000000325. The summed E-state index contributed by atoms with van der Waals surface area (Å²) in [5, 5.41) is 51.9. The Morgan fingerprint density at radius 1 is 0.488 bits per heavy atom. The zero-order valence-corrected chi connectivity index (χ0v) is 76.0. The number of carboxylic acid groups (broad SMARTS) is 3. The van der Waals surface area contributed by atoms with Crippen molar-refractivity contribution in [2.75, 3.05) is 41.0 Å². The van der Waals surface area contributed by atoms with Gasteiger partial charge in [-0.3, -0.25) is 19.2 Å². The number of ether oxygens (including phenoxy) is 3. The van der Waals surface area contributed by atoms with Crippen LogP contribution < -0.4 is 32.2 Å². The third-order valence-corrected chi connectivity index (χ3v) is 23.0. The van der Waals surface area contributed by atoms with Gasteiger partial charge in [-0.2, -0.15) is 0 Å². The Morgan fingerprint density at radius 2 is 0.827 bits per heavy atom. The van der Waals surface area contributed by atoms with Crippen LogP contribution in [0.5, 0.6) is 0 Å². The zero-order chi connectivity index (χ0) is 92.2. The molecule has 31 nitrogen and oxygen atoms in total. The molecule has 1 aliphatic rings. The summed E-state index contributed by atoms with van der Waals surface area (Å²) in [6, 6.07) is 59.9. The molecule has 1 aliphatic heterocycles. The molecule has 666 valence electrons. The molecule has 13 rings (SSSR count). The van der Waals surface area contributed by atoms with Crippen molar-refractivity contribution in [2.45, 2.75) is 76.4 Å². The average Bonchev–Trinajstić information content (AvgIpc) is 0.746. The number of hydrogen-bond acceptors (Lipinski definition) is 27. The molecule has 0 unspecified atom stereocenters. The van der Waals surface area contributed by atoms with Crippen LogP contribution in [0.2, 0.25) is 5.04 Å². The lowest BCUT2D eigenvalue weighted by Gasteiger charge is -2.43. The van der Waals surface area contributed by atoms with E-state index in [-0.39, 0.29) is 54.8 Å². The molecule has 6 heterocycles. The number of methoxy groups -OCH3 is 3. The fourth-order valence-corrected chi connectivity index (χ4v) is 16.0. The first-order chi connectivity index (χ1) is 60.4. The summed E-state index contributed by atoms with van der Waals surface area (Å²) in [5.74, 6) is -2.43. The van der Waals surface area contributed by atoms with E-state index in [0.29, 0.717) is 55.7 Å². The van der Waals surface area contributed by atoms with Gasteiger partial charge >= 0.3 is 42.9 Å². The Labute approximate surface area is 766 Å². The van der Waals surface area contributed by atoms with Gasteiger partial charge < -0.3 is 60.4 Å². The monoisotopic (exact) mass is 1910 g/mol. The molecule has 39 heteroatoms. The summed E-state index contributed by atoms with van der Waals surface area (Å²) in [4.78, 5) is 130. The number of aliphatic carboxylic acids is 2. The number of aromatic carboxylic acids is 1. The molecular weight excluding hydrogens is 1820 g/mol. The van der Waals surface area contributed by atoms with Crippen molar-refractivity contribution in [3.05, 3.63) is 307 Å². The zero-order valence-electron chi connectivity index (χ0n) is 69.5. The number of benzene rings is 7. The van der Waals surface area contributed by atoms with E-state index in [0.717, 1.165) is 32.6 Å². The van der Waals surface area contributed by atoms with Gasteiger partial charge in [0.05, 0.1) is 38.0 Å². The largest absolute Gasteiger partial charge is 0.488 e. The number of nitrogens with two attached hydrogens (primary N) is 1. The number of rotatable bonds is 22. The van der Waals surface area contributed by atoms with Crippen LogP contribution in [0, 0.1) is 0 Å². The predicted octanol–water partition coefficient (Wildman–Crippen LogP) is 12.6. The molecule has 5 aromatic heterocycles. The van der Waals surface area contributed by atoms with Gasteiger partial charge in [0.2, 0.25) is 9.23 Å². The van der Waals surface area contributed by atoms with Crippen molar-refractivity contribution in [1.29, 1.82) is 0 Å². The lowest BCUT2D eigenvalue weighted by atomic mass is 9.80. The first kappa shape index (κ1) is 107. The number of carbonyl (C=O) groups is 8. The number of amides is 1. The molecule has 2 atom stereocenters. The number of aromatic nitrogens is 10. The van der Waals surface area contributed by atoms with Gasteiger partial charge in [-0.05, 0) is 172 Å². The summed E-state index contributed by atoms with van der Waals surface area (Å²) >= 11 is 8.42. The highest BCUT2D eigenvalue weighted by Crippen LogP contribution is 2.37. The van der Waals surface area contributed by atoms with Gasteiger partial charge in [0, 0.05) is 136 Å². The SMILES string of the molecule is Brc1ncccn1.C1CCNCC1.CC(C)(C)[Si](OCC[C@H](NC(=O)c1ccc(-c2ncccn2)cc1)C(=O)O)(c1ccccc1)c1ccccc1.COC(=O)CC[C@H](N)C(=O)O.COC(=O)c1ccc(-c2ncccn2)cc1.COC(=O)c1ccc(B(O)O)cc1.Cl.O=C(Cl)c1ccc(-c2ncccn2)cc1.O=C(O)c1ccc(-c2ncccn2)cc1.O=S(Cl)Cl. The first-order valence-electron chi connectivity index (χ1n) is 38.2. The number of carbonyl (C=O) groups excluding carboxylic acids is 5. The van der Waals surface area contributed by atoms with Crippen LogP contribution in [0.15, 0.2) is 279 Å². The minimum Gasteiger partial charge on any atom is -0.480 e. The summed E-state index contributed by atoms with van der Waals surface area (Å²) in [6.07, 6.45) is 21.1. The average molecular weight is 1910 g/mol. The first-order valence-corrected chi connectivity index (χ1v) is 44.1. The van der Waals surface area contributed by atoms with E-state index in [1.165, 1.54) is 90.1 Å². The lowest BCUT2D eigenvalue weighted by molar-refractivity contribution is -0.142. The van der Waals surface area contributed by atoms with E-state index >= 15 is 0 Å². The Hall–Kier alpha value is -12.2. The number of piperidine rings is 1. The molecule has 1 fully saturated rings. The molecule has 0 spiro atoms. The van der Waals surface area contributed by atoms with Crippen LogP contribution in [0.1, 0.15) is 111 Å². The molecule has 0 radical (unpaired) electrons. The highest BCUT2D eigenvalue weighted by atomic mass is 79.9. The van der Waals surface area contributed by atoms with Gasteiger partial charge in [0.1, 0.15) is 12.1 Å². The fraction of sp³-hybridized carbons (Fsp3) is 0.205. The van der Waals surface area contributed by atoms with E-state index in [1.54, 1.807) is 177 Å². The molecule has 0 bridgehead atoms. The quantitative estimate of drug-likeness (QED) is 0.0103. The van der Waals surface area contributed by atoms with Crippen molar-refractivity contribution >= 4 is 149 Å². The third kappa shape index (κ3) is 39.1. The van der Waals surface area contributed by atoms with Crippen molar-refractivity contribution in [1.82, 2.24) is 60.5 Å². The van der Waals surface area contributed by atoms with Gasteiger partial charge in [-0.15, -0.1) is 12.4 Å². The second-order valence-corrected chi connectivity index (χ2v) is 34.8. The Bertz CT molecular complexity index is 5140. The maximum atomic E-state index is 12.9. The summed E-state index contributed by atoms with van der Waals surface area (Å²) in [6.45, 7) is 9.17. The normalized spacial score (nSPS) is 11.3. The van der Waals surface area contributed by atoms with E-state index < -0.39 is 77.7 Å². The lowest BCUT2D eigenvalue weighted by Crippen LogP contribution is -2.66. The fourth-order valence-electron chi connectivity index (χ4n) is 11.0. The standard InChI is InChI=1S/C31H33N3O4Si.C12H10N2O2.C11H7ClN2O.C11H8N2O2.C8H9BO4.C6H11NO4.C5H11N.C4H3BrN2.Cl2OS.ClH/c1-31(2,3)39(25-11-6-4-7-12-25,26-13-8-5-9-14-26)38-22-19-27(30(36)37)34-29(35)24-17-15-23(16-18-24)28-32-20-10-21-33-28;1-16-12(15)10-5-3-9(4-6-10)11-13-7-2-8-14-11;12-10(15)8-2-4-9(5-3-8)11-13-6-1-7-14-11;14-11(15)9-4-2-8(3-5-9)10-12-6-1-7-13-10;1-13-8(10)6-2-4-7(5-3-6)9(11)12;1-11-5(8)3-2-4(7)6(9)10;1-2-4-6-5-3-1;5-4-6-2-1-3-7-4;1-4(2)3;/h4-18,20-21,27H,19,22H2,1-3H3,(H,34,35)(H,36,37);2-8H,1H3;1-7H;1-7H,(H,14,15);2-5,11-12H,1H3;4H,2-3,7H2,1H3,(H,9,10);6H,1-5H2;1-3H;;1H/t27-;;;;;4-;;;;/m0....0..../s1. The van der Waals surface area contributed by atoms with Crippen LogP contribution in [0.4, 0.5) is 0 Å².